The highest BCUT2D eigenvalue weighted by atomic mass is 16.6. The van der Waals surface area contributed by atoms with Crippen LogP contribution in [0.4, 0.5) is 0 Å². The monoisotopic (exact) mass is 1010 g/mol. The fourth-order valence-corrected chi connectivity index (χ4v) is 9.28. The molecule has 72 heavy (non-hydrogen) atoms. The Kier molecular flexibility index (Phi) is 58.7. The number of esters is 3. The fraction of sp³-hybridized carbons (Fsp3) is 0.833. The molecule has 6 heteroatoms. The zero-order valence-corrected chi connectivity index (χ0v) is 48.2. The molecule has 1 atom stereocenters. The number of unbranched alkanes of at least 4 members (excludes halogenated alkanes) is 39. The minimum atomic E-state index is -0.778. The van der Waals surface area contributed by atoms with Gasteiger partial charge in [-0.05, 0) is 77.0 Å². The molecule has 0 aliphatic heterocycles. The van der Waals surface area contributed by atoms with E-state index in [2.05, 4.69) is 69.4 Å². The van der Waals surface area contributed by atoms with E-state index in [0.29, 0.717) is 19.3 Å². The van der Waals surface area contributed by atoms with Crippen molar-refractivity contribution in [2.75, 3.05) is 13.2 Å². The van der Waals surface area contributed by atoms with E-state index in [1.165, 1.54) is 205 Å². The minimum absolute atomic E-state index is 0.0753. The molecule has 0 radical (unpaired) electrons. The first-order valence-electron chi connectivity index (χ1n) is 31.6. The third-order valence-corrected chi connectivity index (χ3v) is 14.0. The van der Waals surface area contributed by atoms with Gasteiger partial charge in [-0.1, -0.05) is 288 Å². The number of hydrogen-bond donors (Lipinski definition) is 0. The Morgan fingerprint density at radius 2 is 0.528 bits per heavy atom. The van der Waals surface area contributed by atoms with Crippen molar-refractivity contribution in [3.05, 3.63) is 48.6 Å². The van der Waals surface area contributed by atoms with Gasteiger partial charge in [0.15, 0.2) is 6.10 Å². The van der Waals surface area contributed by atoms with Crippen LogP contribution >= 0.6 is 0 Å². The standard InChI is InChI=1S/C66H120O6/c1-4-7-10-13-16-19-22-25-27-29-31-32-33-34-35-37-38-41-44-47-50-53-56-59-65(68)71-62-63(61-70-64(67)58-55-52-49-46-43-40-24-21-18-15-12-9-6-3)72-66(69)60-57-54-51-48-45-42-39-36-30-28-26-23-20-17-14-11-8-5-2/h12,15,21-22,24-25,29,31,63H,4-11,13-14,16-20,23,26-28,30,32-62H2,1-3H3/b15-12-,24-21-,25-22-,31-29-. The van der Waals surface area contributed by atoms with Gasteiger partial charge in [-0.15, -0.1) is 0 Å². The number of allylic oxidation sites excluding steroid dienone is 8. The Morgan fingerprint density at radius 1 is 0.278 bits per heavy atom. The molecule has 1 unspecified atom stereocenters. The van der Waals surface area contributed by atoms with Crippen molar-refractivity contribution in [2.45, 2.75) is 341 Å². The van der Waals surface area contributed by atoms with E-state index in [4.69, 9.17) is 14.2 Å². The summed E-state index contributed by atoms with van der Waals surface area (Å²) in [7, 11) is 0. The minimum Gasteiger partial charge on any atom is -0.462 e. The van der Waals surface area contributed by atoms with Crippen molar-refractivity contribution in [1.82, 2.24) is 0 Å². The predicted octanol–water partition coefficient (Wildman–Crippen LogP) is 21.4. The smallest absolute Gasteiger partial charge is 0.306 e. The van der Waals surface area contributed by atoms with Crippen LogP contribution in [0, 0.1) is 0 Å². The average Bonchev–Trinajstić information content (AvgIpc) is 3.38. The molecule has 0 fully saturated rings. The maximum Gasteiger partial charge on any atom is 0.306 e. The molecular formula is C66H120O6. The molecule has 0 aromatic heterocycles. The second kappa shape index (κ2) is 60.9. The molecule has 420 valence electrons. The second-order valence-corrected chi connectivity index (χ2v) is 21.3. The molecule has 0 saturated heterocycles. The molecule has 0 heterocycles. The van der Waals surface area contributed by atoms with Gasteiger partial charge in [-0.2, -0.15) is 0 Å². The van der Waals surface area contributed by atoms with Crippen LogP contribution in [0.5, 0.6) is 0 Å². The fourth-order valence-electron chi connectivity index (χ4n) is 9.28. The van der Waals surface area contributed by atoms with Gasteiger partial charge in [-0.25, -0.2) is 0 Å². The number of rotatable bonds is 58. The second-order valence-electron chi connectivity index (χ2n) is 21.3. The Balaban J connectivity index is 4.29. The van der Waals surface area contributed by atoms with Gasteiger partial charge < -0.3 is 14.2 Å². The van der Waals surface area contributed by atoms with Gasteiger partial charge in [-0.3, -0.25) is 14.4 Å². The highest BCUT2D eigenvalue weighted by Crippen LogP contribution is 2.17. The molecule has 0 aromatic rings. The maximum atomic E-state index is 12.9. The van der Waals surface area contributed by atoms with Crippen LogP contribution in [-0.2, 0) is 28.6 Å². The lowest BCUT2D eigenvalue weighted by molar-refractivity contribution is -0.167. The van der Waals surface area contributed by atoms with Crippen LogP contribution in [0.1, 0.15) is 335 Å². The van der Waals surface area contributed by atoms with Crippen LogP contribution < -0.4 is 0 Å². The maximum absolute atomic E-state index is 12.9. The molecule has 0 aliphatic rings. The van der Waals surface area contributed by atoms with Gasteiger partial charge >= 0.3 is 17.9 Å². The van der Waals surface area contributed by atoms with Gasteiger partial charge in [0, 0.05) is 19.3 Å². The summed E-state index contributed by atoms with van der Waals surface area (Å²) >= 11 is 0. The molecule has 0 amide bonds. The molecular weight excluding hydrogens is 889 g/mol. The Labute approximate surface area is 448 Å². The van der Waals surface area contributed by atoms with E-state index < -0.39 is 6.10 Å². The molecule has 0 spiro atoms. The molecule has 0 N–H and O–H groups in total. The third kappa shape index (κ3) is 58.3. The van der Waals surface area contributed by atoms with Crippen LogP contribution in [0.15, 0.2) is 48.6 Å². The molecule has 0 saturated carbocycles. The summed E-state index contributed by atoms with van der Waals surface area (Å²) in [6, 6.07) is 0. The van der Waals surface area contributed by atoms with Crippen molar-refractivity contribution in [3.63, 3.8) is 0 Å². The highest BCUT2D eigenvalue weighted by Gasteiger charge is 2.19. The third-order valence-electron chi connectivity index (χ3n) is 14.0. The van der Waals surface area contributed by atoms with E-state index in [-0.39, 0.29) is 31.1 Å². The van der Waals surface area contributed by atoms with E-state index in [1.807, 2.05) is 0 Å². The molecule has 0 bridgehead atoms. The van der Waals surface area contributed by atoms with Crippen molar-refractivity contribution in [3.8, 4) is 0 Å². The Hall–Kier alpha value is -2.63. The summed E-state index contributed by atoms with van der Waals surface area (Å²) < 4.78 is 16.9. The summed E-state index contributed by atoms with van der Waals surface area (Å²) in [6.45, 7) is 6.60. The summed E-state index contributed by atoms with van der Waals surface area (Å²) in [5.41, 5.74) is 0. The van der Waals surface area contributed by atoms with Crippen molar-refractivity contribution >= 4 is 17.9 Å². The molecule has 0 rings (SSSR count). The molecule has 0 aromatic carbocycles. The molecule has 0 aliphatic carbocycles. The van der Waals surface area contributed by atoms with Crippen molar-refractivity contribution < 1.29 is 28.6 Å². The number of carbonyl (C=O) groups excluding carboxylic acids is 3. The number of hydrogen-bond acceptors (Lipinski definition) is 6. The quantitative estimate of drug-likeness (QED) is 0.0261. The number of ether oxygens (including phenoxy) is 3. The van der Waals surface area contributed by atoms with Crippen LogP contribution in [0.25, 0.3) is 0 Å². The lowest BCUT2D eigenvalue weighted by Gasteiger charge is -2.18. The lowest BCUT2D eigenvalue weighted by Crippen LogP contribution is -2.30. The molecule has 6 nitrogen and oxygen atoms in total. The summed E-state index contributed by atoms with van der Waals surface area (Å²) in [5.74, 6) is -0.872. The largest absolute Gasteiger partial charge is 0.462 e. The van der Waals surface area contributed by atoms with E-state index >= 15 is 0 Å². The van der Waals surface area contributed by atoms with Gasteiger partial charge in [0.1, 0.15) is 13.2 Å². The van der Waals surface area contributed by atoms with Crippen LogP contribution in [0.2, 0.25) is 0 Å². The van der Waals surface area contributed by atoms with E-state index in [9.17, 15) is 14.4 Å². The van der Waals surface area contributed by atoms with Crippen molar-refractivity contribution in [1.29, 1.82) is 0 Å². The first-order valence-corrected chi connectivity index (χ1v) is 31.6. The van der Waals surface area contributed by atoms with E-state index in [1.54, 1.807) is 0 Å². The van der Waals surface area contributed by atoms with Gasteiger partial charge in [0.2, 0.25) is 0 Å². The Morgan fingerprint density at radius 3 is 0.819 bits per heavy atom. The summed E-state index contributed by atoms with van der Waals surface area (Å²) in [4.78, 5) is 38.3. The average molecular weight is 1010 g/mol. The first kappa shape index (κ1) is 69.4. The van der Waals surface area contributed by atoms with Crippen molar-refractivity contribution in [2.24, 2.45) is 0 Å². The zero-order chi connectivity index (χ0) is 52.2. The predicted molar refractivity (Wildman–Crippen MR) is 312 cm³/mol. The zero-order valence-electron chi connectivity index (χ0n) is 48.2. The van der Waals surface area contributed by atoms with Gasteiger partial charge in [0.25, 0.3) is 0 Å². The summed E-state index contributed by atoms with van der Waals surface area (Å²) in [5, 5.41) is 0. The topological polar surface area (TPSA) is 78.9 Å². The highest BCUT2D eigenvalue weighted by molar-refractivity contribution is 5.71. The van der Waals surface area contributed by atoms with Gasteiger partial charge in [0.05, 0.1) is 0 Å². The van der Waals surface area contributed by atoms with Crippen LogP contribution in [0.3, 0.4) is 0 Å². The normalized spacial score (nSPS) is 12.3. The Bertz CT molecular complexity index is 1250. The van der Waals surface area contributed by atoms with E-state index in [0.717, 1.165) is 89.9 Å². The van der Waals surface area contributed by atoms with Crippen LogP contribution in [-0.4, -0.2) is 37.2 Å². The SMILES string of the molecule is CCC/C=C\C/C=C\CCCCCCCC(=O)OCC(COC(=O)CCCCCCCCCCCCC/C=C\C/C=C\CCCCCCC)OC(=O)CCCCCCCCCCCCCCCCCCCC. The lowest BCUT2D eigenvalue weighted by atomic mass is 10.0. The first-order chi connectivity index (χ1) is 35.5. The number of carbonyl (C=O) groups is 3. The summed E-state index contributed by atoms with van der Waals surface area (Å²) in [6.07, 6.45) is 75.4.